The quantitative estimate of drug-likeness (QED) is 0.369. The Labute approximate surface area is 163 Å². The van der Waals surface area contributed by atoms with Crippen molar-refractivity contribution in [1.29, 1.82) is 0 Å². The van der Waals surface area contributed by atoms with Crippen molar-refractivity contribution in [3.05, 3.63) is 51.9 Å². The fraction of sp³-hybridized carbons (Fsp3) is 0.412. The number of carbonyl (C=O) groups excluding carboxylic acids is 1. The number of hydrogen-bond acceptors (Lipinski definition) is 3. The molecule has 2 aromatic heterocycles. The minimum absolute atomic E-state index is 0. The number of pyridine rings is 1. The van der Waals surface area contributed by atoms with E-state index in [2.05, 4.69) is 21.9 Å². The Morgan fingerprint density at radius 3 is 2.57 bits per heavy atom. The molecule has 1 fully saturated rings. The van der Waals surface area contributed by atoms with Crippen LogP contribution in [0.1, 0.15) is 35.0 Å². The molecule has 3 heterocycles. The highest BCUT2D eigenvalue weighted by Crippen LogP contribution is 2.18. The van der Waals surface area contributed by atoms with Gasteiger partial charge in [0.1, 0.15) is 0 Å². The maximum Gasteiger partial charge on any atom is 0.174 e. The molecule has 3 nitrogen and oxygen atoms in total. The Bertz CT molecular complexity index is 610. The smallest absolute Gasteiger partial charge is 0.174 e. The lowest BCUT2D eigenvalue weighted by Crippen LogP contribution is -3.00. The number of hydrogen-bond donors (Lipinski definition) is 0. The van der Waals surface area contributed by atoms with Crippen molar-refractivity contribution < 1.29 is 33.3 Å². The number of halogens is 2. The molecule has 0 aliphatic carbocycles. The van der Waals surface area contributed by atoms with E-state index in [-0.39, 0.29) is 29.8 Å². The molecule has 2 aromatic rings. The minimum Gasteiger partial charge on any atom is -1.00 e. The topological polar surface area (TPSA) is 24.2 Å². The number of rotatable bonds is 5. The van der Waals surface area contributed by atoms with Crippen molar-refractivity contribution in [2.24, 2.45) is 0 Å². The van der Waals surface area contributed by atoms with Crippen LogP contribution in [0.2, 0.25) is 5.02 Å². The second kappa shape index (κ2) is 9.11. The van der Waals surface area contributed by atoms with E-state index < -0.39 is 0 Å². The summed E-state index contributed by atoms with van der Waals surface area (Å²) in [7, 11) is 0. The molecule has 23 heavy (non-hydrogen) atoms. The van der Waals surface area contributed by atoms with Gasteiger partial charge < -0.3 is 28.9 Å². The lowest BCUT2D eigenvalue weighted by molar-refractivity contribution is -0.725. The predicted molar refractivity (Wildman–Crippen MR) is 89.6 cm³/mol. The van der Waals surface area contributed by atoms with Gasteiger partial charge in [0.05, 0.1) is 9.90 Å². The molecule has 0 atom stereocenters. The molecule has 0 amide bonds. The first-order valence-corrected chi connectivity index (χ1v) is 8.93. The molecule has 1 aliphatic heterocycles. The Balaban J connectivity index is 0.00000192. The lowest BCUT2D eigenvalue weighted by atomic mass is 10.0. The molecule has 1 saturated heterocycles. The summed E-state index contributed by atoms with van der Waals surface area (Å²) < 4.78 is 2.25. The van der Waals surface area contributed by atoms with Crippen LogP contribution in [0.3, 0.4) is 0 Å². The van der Waals surface area contributed by atoms with Crippen LogP contribution in [0.15, 0.2) is 42.0 Å². The molecule has 0 saturated carbocycles. The summed E-state index contributed by atoms with van der Waals surface area (Å²) in [5.74, 6) is 0.268. The molecule has 0 radical (unpaired) electrons. The Morgan fingerprint density at radius 1 is 1.26 bits per heavy atom. The van der Waals surface area contributed by atoms with Crippen LogP contribution in [-0.2, 0) is 0 Å². The highest BCUT2D eigenvalue weighted by atomic mass is 127. The molecule has 3 rings (SSSR count). The van der Waals surface area contributed by atoms with Crippen molar-refractivity contribution in [3.8, 4) is 0 Å². The summed E-state index contributed by atoms with van der Waals surface area (Å²) in [4.78, 5) is 15.3. The van der Waals surface area contributed by atoms with Crippen molar-refractivity contribution in [2.45, 2.75) is 25.3 Å². The van der Waals surface area contributed by atoms with E-state index >= 15 is 0 Å². The summed E-state index contributed by atoms with van der Waals surface area (Å²) in [6.45, 7) is 2.98. The van der Waals surface area contributed by atoms with Crippen LogP contribution < -0.4 is 28.5 Å². The van der Waals surface area contributed by atoms with E-state index in [1.54, 1.807) is 0 Å². The summed E-state index contributed by atoms with van der Waals surface area (Å²) in [6, 6.07) is 8.27. The molecule has 0 bridgehead atoms. The number of nitrogens with zero attached hydrogens (tertiary/aromatic N) is 2. The normalized spacial score (nSPS) is 16.0. The van der Waals surface area contributed by atoms with E-state index in [4.69, 9.17) is 11.6 Å². The zero-order valence-electron chi connectivity index (χ0n) is 12.8. The largest absolute Gasteiger partial charge is 1.00 e. The molecule has 124 valence electrons. The standard InChI is InChI=1S/C17H20ClN2OS.HI/c18-14-3-11-20(12-4-14)15-5-8-19(9-6-15)10-7-16(21)17-2-1-13-22-17;/h1-4,11-13,15H,5-10H2;1H/q+1;/p-1. The molecule has 0 spiro atoms. The van der Waals surface area contributed by atoms with E-state index in [1.807, 2.05) is 29.6 Å². The van der Waals surface area contributed by atoms with Crippen LogP contribution in [0, 0.1) is 0 Å². The third-order valence-corrected chi connectivity index (χ3v) is 5.40. The molecule has 6 heteroatoms. The average Bonchev–Trinajstić information content (AvgIpc) is 3.08. The highest BCUT2D eigenvalue weighted by molar-refractivity contribution is 7.12. The summed E-state index contributed by atoms with van der Waals surface area (Å²) in [6.07, 6.45) is 6.99. The fourth-order valence-electron chi connectivity index (χ4n) is 2.92. The van der Waals surface area contributed by atoms with Crippen LogP contribution >= 0.6 is 22.9 Å². The predicted octanol–water partition coefficient (Wildman–Crippen LogP) is 0.603. The summed E-state index contributed by atoms with van der Waals surface area (Å²) in [5, 5.41) is 2.74. The second-order valence-corrected chi connectivity index (χ2v) is 7.07. The molecular weight excluding hydrogens is 443 g/mol. The summed E-state index contributed by atoms with van der Waals surface area (Å²) >= 11 is 7.47. The number of ketones is 1. The maximum atomic E-state index is 12.0. The van der Waals surface area contributed by atoms with Gasteiger partial charge in [0.2, 0.25) is 0 Å². The maximum absolute atomic E-state index is 12.0. The van der Waals surface area contributed by atoms with Gasteiger partial charge in [-0.2, -0.15) is 0 Å². The van der Waals surface area contributed by atoms with Crippen LogP contribution in [0.25, 0.3) is 0 Å². The van der Waals surface area contributed by atoms with Gasteiger partial charge in [0, 0.05) is 51.0 Å². The number of piperidine rings is 1. The van der Waals surface area contributed by atoms with Gasteiger partial charge in [-0.25, -0.2) is 4.57 Å². The number of carbonyl (C=O) groups is 1. The minimum atomic E-state index is 0. The fourth-order valence-corrected chi connectivity index (χ4v) is 3.73. The second-order valence-electron chi connectivity index (χ2n) is 5.69. The zero-order chi connectivity index (χ0) is 15.4. The van der Waals surface area contributed by atoms with E-state index in [0.717, 1.165) is 42.4 Å². The number of aromatic nitrogens is 1. The summed E-state index contributed by atoms with van der Waals surface area (Å²) in [5.41, 5.74) is 0. The van der Waals surface area contributed by atoms with Gasteiger partial charge in [-0.3, -0.25) is 4.79 Å². The van der Waals surface area contributed by atoms with Crippen molar-refractivity contribution >= 4 is 28.7 Å². The van der Waals surface area contributed by atoms with E-state index in [1.165, 1.54) is 11.3 Å². The average molecular weight is 463 g/mol. The Morgan fingerprint density at radius 2 is 1.96 bits per heavy atom. The van der Waals surface area contributed by atoms with Gasteiger partial charge >= 0.3 is 0 Å². The molecular formula is C17H20ClIN2OS. The van der Waals surface area contributed by atoms with Gasteiger partial charge in [-0.15, -0.1) is 11.3 Å². The third-order valence-electron chi connectivity index (χ3n) is 4.24. The first-order valence-electron chi connectivity index (χ1n) is 7.68. The van der Waals surface area contributed by atoms with E-state index in [9.17, 15) is 4.79 Å². The molecule has 0 aromatic carbocycles. The molecule has 0 N–H and O–H groups in total. The van der Waals surface area contributed by atoms with E-state index in [0.29, 0.717) is 12.5 Å². The molecule has 0 unspecified atom stereocenters. The Kier molecular flexibility index (Phi) is 7.46. The Hall–Kier alpha value is -0.500. The van der Waals surface area contributed by atoms with Crippen molar-refractivity contribution in [1.82, 2.24) is 4.90 Å². The number of Topliss-reactive ketones (excluding diaryl/α,β-unsaturated/α-hetero) is 1. The van der Waals surface area contributed by atoms with Gasteiger partial charge in [0.25, 0.3) is 0 Å². The van der Waals surface area contributed by atoms with Gasteiger partial charge in [-0.05, 0) is 11.4 Å². The van der Waals surface area contributed by atoms with Crippen LogP contribution in [-0.4, -0.2) is 30.3 Å². The monoisotopic (exact) mass is 462 g/mol. The van der Waals surface area contributed by atoms with Crippen LogP contribution in [0.4, 0.5) is 0 Å². The number of thiophene rings is 1. The van der Waals surface area contributed by atoms with Crippen molar-refractivity contribution in [2.75, 3.05) is 19.6 Å². The lowest BCUT2D eigenvalue weighted by Gasteiger charge is -2.29. The van der Waals surface area contributed by atoms with Gasteiger partial charge in [-0.1, -0.05) is 17.7 Å². The van der Waals surface area contributed by atoms with Gasteiger partial charge in [0.15, 0.2) is 24.2 Å². The first kappa shape index (κ1) is 18.8. The first-order chi connectivity index (χ1) is 10.7. The zero-order valence-corrected chi connectivity index (χ0v) is 16.6. The SMILES string of the molecule is O=C(CCN1CCC([n+]2ccc(Cl)cc2)CC1)c1cccs1.[I-]. The van der Waals surface area contributed by atoms with Crippen LogP contribution in [0.5, 0.6) is 0 Å². The van der Waals surface area contributed by atoms with Crippen molar-refractivity contribution in [3.63, 3.8) is 0 Å². The third kappa shape index (κ3) is 5.24. The molecule has 1 aliphatic rings. The highest BCUT2D eigenvalue weighted by Gasteiger charge is 2.25. The number of likely N-dealkylation sites (tertiary alicyclic amines) is 1.